The van der Waals surface area contributed by atoms with Crippen molar-refractivity contribution in [3.8, 4) is 0 Å². The van der Waals surface area contributed by atoms with Gasteiger partial charge in [-0.3, -0.25) is 0 Å². The number of hydrogen-bond donors (Lipinski definition) is 0. The minimum Gasteiger partial charge on any atom is -0.423 e. The number of hydrogen-bond acceptors (Lipinski definition) is 2. The van der Waals surface area contributed by atoms with Gasteiger partial charge in [-0.1, -0.05) is 30.3 Å². The van der Waals surface area contributed by atoms with E-state index in [1.807, 2.05) is 30.3 Å². The van der Waals surface area contributed by atoms with Crippen LogP contribution in [-0.2, 0) is 0 Å². The molecule has 0 saturated carbocycles. The normalized spacial score (nSPS) is 10.4. The van der Waals surface area contributed by atoms with E-state index in [0.29, 0.717) is 11.1 Å². The van der Waals surface area contributed by atoms with Crippen LogP contribution in [0.5, 0.6) is 0 Å². The van der Waals surface area contributed by atoms with Crippen LogP contribution in [-0.4, -0.2) is 11.0 Å². The Kier molecular flexibility index (Phi) is 2.29. The second-order valence-electron chi connectivity index (χ2n) is 3.93. The third-order valence-corrected chi connectivity index (χ3v) is 2.86. The smallest absolute Gasteiger partial charge is 0.337 e. The first kappa shape index (κ1) is 10.4. The van der Waals surface area contributed by atoms with Crippen LogP contribution in [0.1, 0.15) is 5.56 Å². The van der Waals surface area contributed by atoms with Crippen molar-refractivity contribution in [3.63, 3.8) is 0 Å². The Morgan fingerprint density at radius 1 is 1.17 bits per heavy atom. The van der Waals surface area contributed by atoms with E-state index >= 15 is 0 Å². The third-order valence-electron chi connectivity index (χ3n) is 2.86. The highest BCUT2D eigenvalue weighted by molar-refractivity contribution is 6.12. The van der Waals surface area contributed by atoms with Gasteiger partial charge in [-0.2, -0.15) is 4.79 Å². The van der Waals surface area contributed by atoms with Gasteiger partial charge >= 0.3 is 5.63 Å². The van der Waals surface area contributed by atoms with Crippen molar-refractivity contribution in [2.75, 3.05) is 0 Å². The van der Waals surface area contributed by atoms with Gasteiger partial charge in [-0.25, -0.2) is 4.79 Å². The molecule has 1 heterocycles. The molecule has 0 aliphatic rings. The second kappa shape index (κ2) is 3.95. The number of fused-ring (bicyclic) bond motifs is 3. The van der Waals surface area contributed by atoms with Gasteiger partial charge in [0.1, 0.15) is 5.58 Å². The van der Waals surface area contributed by atoms with Crippen LogP contribution >= 0.6 is 0 Å². The highest BCUT2D eigenvalue weighted by Crippen LogP contribution is 2.26. The summed E-state index contributed by atoms with van der Waals surface area (Å²) in [6, 6.07) is 12.7. The maximum Gasteiger partial charge on any atom is 0.337 e. The van der Waals surface area contributed by atoms with E-state index in [4.69, 9.17) is 9.95 Å². The van der Waals surface area contributed by atoms with Crippen LogP contribution in [0.15, 0.2) is 51.7 Å². The predicted molar refractivity (Wildman–Crippen MR) is 68.8 cm³/mol. The zero-order valence-electron chi connectivity index (χ0n) is 9.33. The summed E-state index contributed by atoms with van der Waals surface area (Å²) in [5.41, 5.74) is 9.24. The molecule has 0 radical (unpaired) electrons. The van der Waals surface area contributed by atoms with Crippen LogP contribution < -0.4 is 5.63 Å². The van der Waals surface area contributed by atoms with E-state index in [0.717, 1.165) is 16.2 Å². The fraction of sp³-hybridized carbons (Fsp3) is 0. The molecule has 4 nitrogen and oxygen atoms in total. The van der Waals surface area contributed by atoms with E-state index in [2.05, 4.69) is 4.79 Å². The summed E-state index contributed by atoms with van der Waals surface area (Å²) in [5, 5.41) is 2.76. The summed E-state index contributed by atoms with van der Waals surface area (Å²) in [7, 11) is 0. The van der Waals surface area contributed by atoms with Crippen molar-refractivity contribution in [3.05, 3.63) is 64.0 Å². The van der Waals surface area contributed by atoms with Gasteiger partial charge < -0.3 is 9.95 Å². The zero-order chi connectivity index (χ0) is 12.5. The van der Waals surface area contributed by atoms with Gasteiger partial charge in [0.15, 0.2) is 0 Å². The summed E-state index contributed by atoms with van der Waals surface area (Å²) in [5.74, 6) is 0. The van der Waals surface area contributed by atoms with E-state index in [1.165, 1.54) is 12.3 Å². The van der Waals surface area contributed by atoms with Crippen molar-refractivity contribution in [1.29, 1.82) is 0 Å². The monoisotopic (exact) mass is 236 g/mol. The van der Waals surface area contributed by atoms with Crippen molar-refractivity contribution in [2.24, 2.45) is 0 Å². The first-order valence-corrected chi connectivity index (χ1v) is 5.42. The topological polar surface area (TPSA) is 66.6 Å². The van der Waals surface area contributed by atoms with E-state index in [-0.39, 0.29) is 0 Å². The summed E-state index contributed by atoms with van der Waals surface area (Å²) in [6.07, 6.45) is 1.24. The largest absolute Gasteiger partial charge is 0.423 e. The molecule has 0 unspecified atom stereocenters. The van der Waals surface area contributed by atoms with Crippen LogP contribution in [0, 0.1) is 0 Å². The molecule has 0 spiro atoms. The Bertz CT molecular complexity index is 858. The standard InChI is InChI=1S/C14H8N2O2/c15-16-8-10-7-13(17)18-12-6-5-9-3-1-2-4-11(9)14(10)12/h1-8H. The fourth-order valence-electron chi connectivity index (χ4n) is 2.14. The molecule has 0 N–H and O–H groups in total. The fourth-order valence-corrected chi connectivity index (χ4v) is 2.14. The summed E-state index contributed by atoms with van der Waals surface area (Å²) in [4.78, 5) is 14.4. The lowest BCUT2D eigenvalue weighted by Gasteiger charge is -2.03. The molecule has 0 atom stereocenters. The molecule has 3 rings (SSSR count). The lowest BCUT2D eigenvalue weighted by Crippen LogP contribution is -2.00. The van der Waals surface area contributed by atoms with Crippen LogP contribution in [0.25, 0.3) is 27.3 Å². The summed E-state index contributed by atoms with van der Waals surface area (Å²) in [6.45, 7) is 0. The minimum absolute atomic E-state index is 0.465. The number of benzene rings is 2. The highest BCUT2D eigenvalue weighted by Gasteiger charge is 2.10. The Balaban J connectivity index is 2.63. The SMILES string of the molecule is [N-]=[N+]=Cc1cc(=O)oc2ccc3ccccc3c12. The van der Waals surface area contributed by atoms with Crippen LogP contribution in [0.4, 0.5) is 0 Å². The third kappa shape index (κ3) is 1.52. The first-order chi connectivity index (χ1) is 8.79. The summed E-state index contributed by atoms with van der Waals surface area (Å²) < 4.78 is 5.16. The lowest BCUT2D eigenvalue weighted by molar-refractivity contribution is 0.00464. The first-order valence-electron chi connectivity index (χ1n) is 5.42. The Labute approximate surface area is 102 Å². The van der Waals surface area contributed by atoms with Gasteiger partial charge in [-0.15, -0.1) is 0 Å². The van der Waals surface area contributed by atoms with Crippen molar-refractivity contribution >= 4 is 28.0 Å². The van der Waals surface area contributed by atoms with Gasteiger partial charge in [0, 0.05) is 11.5 Å². The second-order valence-corrected chi connectivity index (χ2v) is 3.93. The molecule has 1 aromatic heterocycles. The van der Waals surface area contributed by atoms with Gasteiger partial charge in [0.2, 0.25) is 0 Å². The van der Waals surface area contributed by atoms with Crippen LogP contribution in [0.3, 0.4) is 0 Å². The van der Waals surface area contributed by atoms with Gasteiger partial charge in [0.05, 0.1) is 5.56 Å². The molecule has 0 bridgehead atoms. The maximum atomic E-state index is 11.4. The van der Waals surface area contributed by atoms with Crippen molar-refractivity contribution in [2.45, 2.75) is 0 Å². The molecule has 0 aliphatic heterocycles. The molecular formula is C14H8N2O2. The van der Waals surface area contributed by atoms with E-state index in [1.54, 1.807) is 6.07 Å². The summed E-state index contributed by atoms with van der Waals surface area (Å²) >= 11 is 0. The molecule has 0 fully saturated rings. The molecule has 4 heteroatoms. The number of rotatable bonds is 1. The maximum absolute atomic E-state index is 11.4. The van der Waals surface area contributed by atoms with Gasteiger partial charge in [-0.05, 0) is 16.8 Å². The Morgan fingerprint density at radius 3 is 2.83 bits per heavy atom. The van der Waals surface area contributed by atoms with Crippen molar-refractivity contribution < 1.29 is 9.21 Å². The van der Waals surface area contributed by atoms with Gasteiger partial charge in [0.25, 0.3) is 6.21 Å². The highest BCUT2D eigenvalue weighted by atomic mass is 16.4. The molecule has 3 aromatic rings. The van der Waals surface area contributed by atoms with Crippen molar-refractivity contribution in [1.82, 2.24) is 0 Å². The van der Waals surface area contributed by atoms with Crippen LogP contribution in [0.2, 0.25) is 0 Å². The molecule has 0 aliphatic carbocycles. The predicted octanol–water partition coefficient (Wildman–Crippen LogP) is 2.59. The quantitative estimate of drug-likeness (QED) is 0.214. The molecule has 0 saturated heterocycles. The zero-order valence-corrected chi connectivity index (χ0v) is 9.33. The van der Waals surface area contributed by atoms with E-state index < -0.39 is 5.63 Å². The Morgan fingerprint density at radius 2 is 2.00 bits per heavy atom. The number of nitrogens with zero attached hydrogens (tertiary/aromatic N) is 2. The van der Waals surface area contributed by atoms with E-state index in [9.17, 15) is 4.79 Å². The molecule has 0 amide bonds. The average molecular weight is 236 g/mol. The average Bonchev–Trinajstić information content (AvgIpc) is 2.38. The molecule has 18 heavy (non-hydrogen) atoms. The molecular weight excluding hydrogens is 228 g/mol. The minimum atomic E-state index is -0.465. The molecule has 2 aromatic carbocycles. The Hall–Kier alpha value is -2.71. The lowest BCUT2D eigenvalue weighted by atomic mass is 10.0. The molecule has 86 valence electrons.